The third-order valence-electron chi connectivity index (χ3n) is 2.26. The first-order chi connectivity index (χ1) is 7.36. The fourth-order valence-corrected chi connectivity index (χ4v) is 2.48. The van der Waals surface area contributed by atoms with Crippen molar-refractivity contribution in [2.45, 2.75) is 12.2 Å². The van der Waals surface area contributed by atoms with Gasteiger partial charge in [0.05, 0.1) is 0 Å². The summed E-state index contributed by atoms with van der Waals surface area (Å²) < 4.78 is 0. The van der Waals surface area contributed by atoms with E-state index in [2.05, 4.69) is 12.1 Å². The predicted molar refractivity (Wildman–Crippen MR) is 64.9 cm³/mol. The molecule has 3 heteroatoms. The van der Waals surface area contributed by atoms with Crippen LogP contribution in [0.1, 0.15) is 12.0 Å². The minimum Gasteiger partial charge on any atom is -0.396 e. The standard InChI is InChI=1S/C12H18O2S/c13-7-6-12(8-14)10-15-9-11-4-2-1-3-5-11/h1-5,12-14H,6-10H2. The molecule has 2 nitrogen and oxygen atoms in total. The molecule has 0 radical (unpaired) electrons. The van der Waals surface area contributed by atoms with E-state index in [4.69, 9.17) is 10.2 Å². The van der Waals surface area contributed by atoms with Crippen LogP contribution in [0.3, 0.4) is 0 Å². The van der Waals surface area contributed by atoms with Crippen molar-refractivity contribution in [1.29, 1.82) is 0 Å². The highest BCUT2D eigenvalue weighted by atomic mass is 32.2. The van der Waals surface area contributed by atoms with Gasteiger partial charge in [-0.1, -0.05) is 30.3 Å². The van der Waals surface area contributed by atoms with Crippen molar-refractivity contribution >= 4 is 11.8 Å². The van der Waals surface area contributed by atoms with Gasteiger partial charge in [-0.25, -0.2) is 0 Å². The first-order valence-electron chi connectivity index (χ1n) is 5.20. The number of benzene rings is 1. The van der Waals surface area contributed by atoms with Crippen molar-refractivity contribution in [3.05, 3.63) is 35.9 Å². The van der Waals surface area contributed by atoms with Gasteiger partial charge in [-0.2, -0.15) is 11.8 Å². The maximum absolute atomic E-state index is 9.03. The van der Waals surface area contributed by atoms with E-state index < -0.39 is 0 Å². The molecule has 0 spiro atoms. The van der Waals surface area contributed by atoms with Crippen LogP contribution >= 0.6 is 11.8 Å². The van der Waals surface area contributed by atoms with Crippen LogP contribution in [0, 0.1) is 5.92 Å². The Morgan fingerprint density at radius 2 is 1.87 bits per heavy atom. The summed E-state index contributed by atoms with van der Waals surface area (Å²) in [6, 6.07) is 10.3. The number of rotatable bonds is 7. The summed E-state index contributed by atoms with van der Waals surface area (Å²) in [5.74, 6) is 2.11. The van der Waals surface area contributed by atoms with Crippen molar-refractivity contribution in [1.82, 2.24) is 0 Å². The minimum atomic E-state index is 0.164. The highest BCUT2D eigenvalue weighted by Gasteiger charge is 2.06. The van der Waals surface area contributed by atoms with Gasteiger partial charge in [0.25, 0.3) is 0 Å². The van der Waals surface area contributed by atoms with E-state index >= 15 is 0 Å². The maximum atomic E-state index is 9.03. The molecule has 0 fully saturated rings. The SMILES string of the molecule is OCCC(CO)CSCc1ccccc1. The van der Waals surface area contributed by atoms with Crippen LogP contribution in [-0.2, 0) is 5.75 Å². The van der Waals surface area contributed by atoms with Gasteiger partial charge in [-0.3, -0.25) is 0 Å². The lowest BCUT2D eigenvalue weighted by Crippen LogP contribution is -2.11. The molecule has 84 valence electrons. The number of aliphatic hydroxyl groups is 2. The van der Waals surface area contributed by atoms with Crippen LogP contribution < -0.4 is 0 Å². The summed E-state index contributed by atoms with van der Waals surface area (Å²) in [7, 11) is 0. The van der Waals surface area contributed by atoms with Crippen LogP contribution in [0.25, 0.3) is 0 Å². The average Bonchev–Trinajstić information content (AvgIpc) is 2.29. The quantitative estimate of drug-likeness (QED) is 0.746. The molecule has 1 aromatic carbocycles. The van der Waals surface area contributed by atoms with Crippen LogP contribution in [0.4, 0.5) is 0 Å². The lowest BCUT2D eigenvalue weighted by Gasteiger charge is -2.11. The van der Waals surface area contributed by atoms with Gasteiger partial charge in [0.1, 0.15) is 0 Å². The summed E-state index contributed by atoms with van der Waals surface area (Å²) in [6.07, 6.45) is 0.693. The van der Waals surface area contributed by atoms with Gasteiger partial charge in [0.2, 0.25) is 0 Å². The molecule has 0 amide bonds. The summed E-state index contributed by atoms with van der Waals surface area (Å²) in [4.78, 5) is 0. The van der Waals surface area contributed by atoms with Crippen LogP contribution in [0.2, 0.25) is 0 Å². The Bertz CT molecular complexity index is 251. The van der Waals surface area contributed by atoms with E-state index in [0.717, 1.165) is 11.5 Å². The zero-order valence-electron chi connectivity index (χ0n) is 8.80. The Morgan fingerprint density at radius 3 is 2.47 bits per heavy atom. The number of thioether (sulfide) groups is 1. The Balaban J connectivity index is 2.20. The first kappa shape index (κ1) is 12.6. The topological polar surface area (TPSA) is 40.5 Å². The fourth-order valence-electron chi connectivity index (χ4n) is 1.33. The molecule has 0 bridgehead atoms. The molecule has 0 heterocycles. The fraction of sp³-hybridized carbons (Fsp3) is 0.500. The van der Waals surface area contributed by atoms with Gasteiger partial charge in [0.15, 0.2) is 0 Å². The van der Waals surface area contributed by atoms with Crippen molar-refractivity contribution in [2.24, 2.45) is 5.92 Å². The van der Waals surface area contributed by atoms with E-state index in [0.29, 0.717) is 6.42 Å². The third-order valence-corrected chi connectivity index (χ3v) is 3.51. The molecule has 1 unspecified atom stereocenters. The summed E-state index contributed by atoms with van der Waals surface area (Å²) >= 11 is 1.81. The number of hydrogen-bond acceptors (Lipinski definition) is 3. The van der Waals surface area contributed by atoms with Gasteiger partial charge in [0, 0.05) is 19.0 Å². The molecule has 0 saturated heterocycles. The highest BCUT2D eigenvalue weighted by Crippen LogP contribution is 2.16. The molecule has 15 heavy (non-hydrogen) atoms. The smallest absolute Gasteiger partial charge is 0.0468 e. The molecule has 1 atom stereocenters. The molecule has 1 aromatic rings. The normalized spacial score (nSPS) is 12.7. The van der Waals surface area contributed by atoms with Gasteiger partial charge >= 0.3 is 0 Å². The molecule has 1 rings (SSSR count). The van der Waals surface area contributed by atoms with Gasteiger partial charge < -0.3 is 10.2 Å². The van der Waals surface area contributed by atoms with Gasteiger partial charge in [-0.15, -0.1) is 0 Å². The molecule has 0 aromatic heterocycles. The Hall–Kier alpha value is -0.510. The number of aliphatic hydroxyl groups excluding tert-OH is 2. The van der Waals surface area contributed by atoms with Crippen LogP contribution in [0.15, 0.2) is 30.3 Å². The van der Waals surface area contributed by atoms with Crippen molar-refractivity contribution in [3.8, 4) is 0 Å². The molecule has 2 N–H and O–H groups in total. The Kier molecular flexibility index (Phi) is 6.48. The number of hydrogen-bond donors (Lipinski definition) is 2. The summed E-state index contributed by atoms with van der Waals surface area (Å²) in [6.45, 7) is 0.333. The second kappa shape index (κ2) is 7.74. The Labute approximate surface area is 95.3 Å². The summed E-state index contributed by atoms with van der Waals surface area (Å²) in [5, 5.41) is 17.8. The molecule has 0 saturated carbocycles. The van der Waals surface area contributed by atoms with E-state index in [9.17, 15) is 0 Å². The largest absolute Gasteiger partial charge is 0.396 e. The molecule has 0 aliphatic heterocycles. The monoisotopic (exact) mass is 226 g/mol. The highest BCUT2D eigenvalue weighted by molar-refractivity contribution is 7.98. The third kappa shape index (κ3) is 5.21. The van der Waals surface area contributed by atoms with Crippen molar-refractivity contribution in [3.63, 3.8) is 0 Å². The van der Waals surface area contributed by atoms with Crippen LogP contribution in [0.5, 0.6) is 0 Å². The van der Waals surface area contributed by atoms with E-state index in [1.54, 1.807) is 0 Å². The molecular weight excluding hydrogens is 208 g/mol. The van der Waals surface area contributed by atoms with Crippen molar-refractivity contribution < 1.29 is 10.2 Å². The zero-order chi connectivity index (χ0) is 10.9. The van der Waals surface area contributed by atoms with E-state index in [1.165, 1.54) is 5.56 Å². The second-order valence-corrected chi connectivity index (χ2v) is 4.59. The predicted octanol–water partition coefficient (Wildman–Crippen LogP) is 1.91. The molecule has 0 aliphatic rings. The van der Waals surface area contributed by atoms with E-state index in [-0.39, 0.29) is 19.1 Å². The lowest BCUT2D eigenvalue weighted by atomic mass is 10.1. The van der Waals surface area contributed by atoms with Crippen molar-refractivity contribution in [2.75, 3.05) is 19.0 Å². The van der Waals surface area contributed by atoms with E-state index in [1.807, 2.05) is 30.0 Å². The Morgan fingerprint density at radius 1 is 1.13 bits per heavy atom. The lowest BCUT2D eigenvalue weighted by molar-refractivity contribution is 0.196. The first-order valence-corrected chi connectivity index (χ1v) is 6.35. The summed E-state index contributed by atoms with van der Waals surface area (Å²) in [5.41, 5.74) is 1.31. The molecular formula is C12H18O2S. The molecule has 0 aliphatic carbocycles. The maximum Gasteiger partial charge on any atom is 0.0468 e. The van der Waals surface area contributed by atoms with Crippen LogP contribution in [-0.4, -0.2) is 29.2 Å². The zero-order valence-corrected chi connectivity index (χ0v) is 9.62. The average molecular weight is 226 g/mol. The van der Waals surface area contributed by atoms with Gasteiger partial charge in [-0.05, 0) is 23.7 Å². The minimum absolute atomic E-state index is 0.164. The second-order valence-electron chi connectivity index (χ2n) is 3.56.